The first-order valence-corrected chi connectivity index (χ1v) is 8.21. The van der Waals surface area contributed by atoms with Crippen LogP contribution in [0.3, 0.4) is 0 Å². The molecule has 1 aromatic carbocycles. The van der Waals surface area contributed by atoms with E-state index >= 15 is 0 Å². The zero-order valence-corrected chi connectivity index (χ0v) is 13.8. The second-order valence-corrected chi connectivity index (χ2v) is 6.06. The highest BCUT2D eigenvalue weighted by molar-refractivity contribution is 8.18. The Morgan fingerprint density at radius 1 is 1.29 bits per heavy atom. The lowest BCUT2D eigenvalue weighted by Gasteiger charge is -2.12. The van der Waals surface area contributed by atoms with Gasteiger partial charge in [-0.25, -0.2) is 4.39 Å². The summed E-state index contributed by atoms with van der Waals surface area (Å²) < 4.78 is 12.9. The Hall–Kier alpha value is -2.41. The number of amides is 3. The Labute approximate surface area is 143 Å². The van der Waals surface area contributed by atoms with Crippen molar-refractivity contribution in [3.63, 3.8) is 0 Å². The molecule has 3 amide bonds. The highest BCUT2D eigenvalue weighted by Crippen LogP contribution is 2.31. The fourth-order valence-electron chi connectivity index (χ4n) is 2.03. The molecule has 1 aromatic rings. The first-order valence-electron chi connectivity index (χ1n) is 7.40. The predicted octanol–water partition coefficient (Wildman–Crippen LogP) is 2.94. The first kappa shape index (κ1) is 17.9. The molecular formula is C17H17FN2O3S. The summed E-state index contributed by atoms with van der Waals surface area (Å²) in [4.78, 5) is 37.0. The molecule has 0 atom stereocenters. The molecule has 1 aliphatic heterocycles. The SMILES string of the molecule is C=CCCC(=O)NCCN1C(=O)S/C(=C\c2ccc(F)cc2)C1=O. The molecule has 0 spiro atoms. The van der Waals surface area contributed by atoms with Crippen molar-refractivity contribution in [2.24, 2.45) is 0 Å². The molecule has 0 bridgehead atoms. The standard InChI is InChI=1S/C17H17FN2O3S/c1-2-3-4-15(21)19-9-10-20-16(22)14(24-17(20)23)11-12-5-7-13(18)8-6-12/h2,5-8,11H,1,3-4,9-10H2,(H,19,21)/b14-11-. The Bertz CT molecular complexity index is 686. The number of hydrogen-bond acceptors (Lipinski definition) is 4. The number of carbonyl (C=O) groups is 3. The number of carbonyl (C=O) groups excluding carboxylic acids is 3. The molecule has 1 aliphatic rings. The summed E-state index contributed by atoms with van der Waals surface area (Å²) in [7, 11) is 0. The van der Waals surface area contributed by atoms with E-state index in [2.05, 4.69) is 11.9 Å². The molecule has 24 heavy (non-hydrogen) atoms. The van der Waals surface area contributed by atoms with Crippen molar-refractivity contribution in [2.75, 3.05) is 13.1 Å². The predicted molar refractivity (Wildman–Crippen MR) is 91.5 cm³/mol. The Morgan fingerprint density at radius 2 is 2.00 bits per heavy atom. The minimum Gasteiger partial charge on any atom is -0.354 e. The van der Waals surface area contributed by atoms with E-state index in [4.69, 9.17) is 0 Å². The summed E-state index contributed by atoms with van der Waals surface area (Å²) in [6.45, 7) is 3.86. The Morgan fingerprint density at radius 3 is 2.67 bits per heavy atom. The second kappa shape index (κ2) is 8.44. The van der Waals surface area contributed by atoms with Crippen LogP contribution in [0, 0.1) is 5.82 Å². The van der Waals surface area contributed by atoms with Crippen LogP contribution in [0.5, 0.6) is 0 Å². The minimum atomic E-state index is -0.408. The number of nitrogens with one attached hydrogen (secondary N) is 1. The summed E-state index contributed by atoms with van der Waals surface area (Å²) in [5.74, 6) is -0.925. The minimum absolute atomic E-state index is 0.116. The maximum Gasteiger partial charge on any atom is 0.293 e. The van der Waals surface area contributed by atoms with Crippen molar-refractivity contribution in [2.45, 2.75) is 12.8 Å². The van der Waals surface area contributed by atoms with E-state index in [1.807, 2.05) is 0 Å². The number of benzene rings is 1. The van der Waals surface area contributed by atoms with Crippen molar-refractivity contribution < 1.29 is 18.8 Å². The van der Waals surface area contributed by atoms with Gasteiger partial charge in [0.15, 0.2) is 0 Å². The van der Waals surface area contributed by atoms with Crippen LogP contribution >= 0.6 is 11.8 Å². The highest BCUT2D eigenvalue weighted by atomic mass is 32.2. The van der Waals surface area contributed by atoms with Crippen LogP contribution in [0.15, 0.2) is 41.8 Å². The van der Waals surface area contributed by atoms with Gasteiger partial charge in [-0.1, -0.05) is 18.2 Å². The van der Waals surface area contributed by atoms with Gasteiger partial charge in [0.2, 0.25) is 5.91 Å². The molecule has 1 N–H and O–H groups in total. The second-order valence-electron chi connectivity index (χ2n) is 5.06. The average Bonchev–Trinajstić information content (AvgIpc) is 2.82. The monoisotopic (exact) mass is 348 g/mol. The highest BCUT2D eigenvalue weighted by Gasteiger charge is 2.34. The van der Waals surface area contributed by atoms with Gasteiger partial charge in [-0.05, 0) is 42.0 Å². The molecule has 0 radical (unpaired) electrons. The third kappa shape index (κ3) is 4.79. The third-order valence-corrected chi connectivity index (χ3v) is 4.18. The van der Waals surface area contributed by atoms with Crippen molar-refractivity contribution in [3.05, 3.63) is 53.2 Å². The molecule has 126 valence electrons. The van der Waals surface area contributed by atoms with Gasteiger partial charge >= 0.3 is 0 Å². The van der Waals surface area contributed by atoms with Gasteiger partial charge in [-0.15, -0.1) is 6.58 Å². The van der Waals surface area contributed by atoms with Gasteiger partial charge in [0.25, 0.3) is 11.1 Å². The van der Waals surface area contributed by atoms with Crippen LogP contribution < -0.4 is 5.32 Å². The summed E-state index contributed by atoms with van der Waals surface area (Å²) in [5, 5.41) is 2.27. The summed E-state index contributed by atoms with van der Waals surface area (Å²) >= 11 is 0.832. The number of allylic oxidation sites excluding steroid dienone is 1. The van der Waals surface area contributed by atoms with E-state index in [0.717, 1.165) is 16.7 Å². The number of hydrogen-bond donors (Lipinski definition) is 1. The molecule has 7 heteroatoms. The maximum absolute atomic E-state index is 12.9. The lowest BCUT2D eigenvalue weighted by Crippen LogP contribution is -2.37. The summed E-state index contributed by atoms with van der Waals surface area (Å²) in [5.41, 5.74) is 0.639. The molecule has 1 saturated heterocycles. The van der Waals surface area contributed by atoms with Crippen molar-refractivity contribution in [1.29, 1.82) is 0 Å². The number of halogens is 1. The summed E-state index contributed by atoms with van der Waals surface area (Å²) in [6, 6.07) is 5.63. The van der Waals surface area contributed by atoms with E-state index in [-0.39, 0.29) is 35.0 Å². The molecule has 2 rings (SSSR count). The van der Waals surface area contributed by atoms with Gasteiger partial charge < -0.3 is 5.32 Å². The zero-order chi connectivity index (χ0) is 17.5. The van der Waals surface area contributed by atoms with Crippen LogP contribution in [0.4, 0.5) is 9.18 Å². The fraction of sp³-hybridized carbons (Fsp3) is 0.235. The average molecular weight is 348 g/mol. The molecule has 0 aliphatic carbocycles. The van der Waals surface area contributed by atoms with Gasteiger partial charge in [-0.3, -0.25) is 19.3 Å². The maximum atomic E-state index is 12.9. The van der Waals surface area contributed by atoms with Crippen LogP contribution in [0.2, 0.25) is 0 Å². The molecule has 0 unspecified atom stereocenters. The van der Waals surface area contributed by atoms with E-state index in [0.29, 0.717) is 18.4 Å². The first-order chi connectivity index (χ1) is 11.5. The van der Waals surface area contributed by atoms with Crippen molar-refractivity contribution >= 4 is 34.9 Å². The number of rotatable bonds is 7. The molecule has 5 nitrogen and oxygen atoms in total. The quantitative estimate of drug-likeness (QED) is 0.608. The summed E-state index contributed by atoms with van der Waals surface area (Å²) in [6.07, 6.45) is 4.10. The molecular weight excluding hydrogens is 331 g/mol. The third-order valence-electron chi connectivity index (χ3n) is 3.27. The van der Waals surface area contributed by atoms with E-state index in [9.17, 15) is 18.8 Å². The molecule has 0 aromatic heterocycles. The van der Waals surface area contributed by atoms with Crippen LogP contribution in [0.25, 0.3) is 6.08 Å². The number of imide groups is 1. The lowest BCUT2D eigenvalue weighted by molar-refractivity contribution is -0.124. The topological polar surface area (TPSA) is 66.5 Å². The lowest BCUT2D eigenvalue weighted by atomic mass is 10.2. The van der Waals surface area contributed by atoms with Crippen LogP contribution in [-0.4, -0.2) is 35.0 Å². The van der Waals surface area contributed by atoms with Gasteiger partial charge in [0.1, 0.15) is 5.82 Å². The van der Waals surface area contributed by atoms with Gasteiger partial charge in [0, 0.05) is 19.5 Å². The largest absolute Gasteiger partial charge is 0.354 e. The molecule has 0 saturated carbocycles. The van der Waals surface area contributed by atoms with Crippen LogP contribution in [0.1, 0.15) is 18.4 Å². The van der Waals surface area contributed by atoms with Crippen molar-refractivity contribution in [3.8, 4) is 0 Å². The van der Waals surface area contributed by atoms with E-state index < -0.39 is 5.91 Å². The smallest absolute Gasteiger partial charge is 0.293 e. The Kier molecular flexibility index (Phi) is 6.31. The number of thioether (sulfide) groups is 1. The molecule has 1 fully saturated rings. The zero-order valence-electron chi connectivity index (χ0n) is 13.0. The Balaban J connectivity index is 1.92. The normalized spacial score (nSPS) is 15.9. The molecule has 1 heterocycles. The fourth-order valence-corrected chi connectivity index (χ4v) is 2.90. The van der Waals surface area contributed by atoms with Gasteiger partial charge in [0.05, 0.1) is 4.91 Å². The van der Waals surface area contributed by atoms with E-state index in [1.165, 1.54) is 24.3 Å². The van der Waals surface area contributed by atoms with Crippen molar-refractivity contribution in [1.82, 2.24) is 10.2 Å². The number of nitrogens with zero attached hydrogens (tertiary/aromatic N) is 1. The van der Waals surface area contributed by atoms with Crippen LogP contribution in [-0.2, 0) is 9.59 Å². The van der Waals surface area contributed by atoms with E-state index in [1.54, 1.807) is 12.2 Å². The van der Waals surface area contributed by atoms with Gasteiger partial charge in [-0.2, -0.15) is 0 Å².